The molecule has 1 heterocycles. The van der Waals surface area contributed by atoms with Crippen LogP contribution in [-0.4, -0.2) is 57.8 Å². The summed E-state index contributed by atoms with van der Waals surface area (Å²) in [4.78, 5) is 10.5. The summed E-state index contributed by atoms with van der Waals surface area (Å²) in [5.41, 5.74) is -0.131. The Bertz CT molecular complexity index is 472. The number of hydrogen-bond acceptors (Lipinski definition) is 7. The Hall–Kier alpha value is -2.16. The molecule has 0 aliphatic carbocycles. The van der Waals surface area contributed by atoms with Gasteiger partial charge in [-0.3, -0.25) is 4.18 Å². The second-order valence-corrected chi connectivity index (χ2v) is 6.59. The first-order valence-corrected chi connectivity index (χ1v) is 7.72. The van der Waals surface area contributed by atoms with Crippen LogP contribution in [-0.2, 0) is 33.5 Å². The molecule has 0 bridgehead atoms. The largest absolute Gasteiger partial charge is 0.516 e. The average Bonchev–Trinajstić information content (AvgIpc) is 2.66. The van der Waals surface area contributed by atoms with E-state index < -0.39 is 10.3 Å². The van der Waals surface area contributed by atoms with Crippen molar-refractivity contribution in [1.82, 2.24) is 4.31 Å². The van der Waals surface area contributed by atoms with E-state index in [1.807, 2.05) is 20.8 Å². The second-order valence-electron chi connectivity index (χ2n) is 5.13. The first-order chi connectivity index (χ1) is 9.76. The van der Waals surface area contributed by atoms with E-state index in [1.165, 1.54) is 6.41 Å². The number of hydrogen-bond donors (Lipinski definition) is 0. The summed E-state index contributed by atoms with van der Waals surface area (Å²) in [6.45, 7) is 7.05. The maximum atomic E-state index is 11.2. The molecule has 0 unspecified atom stereocenters. The maximum Gasteiger partial charge on any atom is 0.336 e. The average molecular weight is 579 g/mol. The molecule has 1 amide bonds. The summed E-state index contributed by atoms with van der Waals surface area (Å²) in [7, 11) is -4.04. The predicted molar refractivity (Wildman–Crippen MR) is 73.0 cm³/mol. The minimum atomic E-state index is -4.04. The van der Waals surface area contributed by atoms with Crippen molar-refractivity contribution in [3.8, 4) is 0 Å². The third kappa shape index (κ3) is 6.53. The SMILES string of the molecule is CC(C)(C)OCCOCCO/C=C1/COS(=O)(=O)N1[C-]=O.[Fm]. The standard InChI is InChI=1S/C12H20NO7S.Fm/c1-12(2,3)19-7-6-17-4-5-18-8-11-9-20-21(15,16)13(11)10-14;/h8H,4-7,9H2,1-3H3;/q-1;/b11-8-;. The zero-order valence-electron chi connectivity index (χ0n) is 12.6. The third-order valence-corrected chi connectivity index (χ3v) is 3.42. The summed E-state index contributed by atoms with van der Waals surface area (Å²) in [5, 5.41) is 0. The van der Waals surface area contributed by atoms with Gasteiger partial charge >= 0.3 is 10.3 Å². The molecule has 1 aliphatic rings. The van der Waals surface area contributed by atoms with E-state index >= 15 is 0 Å². The Morgan fingerprint density at radius 2 is 1.91 bits per heavy atom. The van der Waals surface area contributed by atoms with Gasteiger partial charge in [0.1, 0.15) is 6.61 Å². The minimum absolute atomic E-state index is 0. The van der Waals surface area contributed by atoms with Crippen LogP contribution in [0.25, 0.3) is 0 Å². The van der Waals surface area contributed by atoms with Gasteiger partial charge in [0.25, 0.3) is 0 Å². The maximum absolute atomic E-state index is 11.2. The number of nitrogens with zero attached hydrogens (tertiary/aromatic N) is 1. The first kappa shape index (κ1) is 19.8. The second kappa shape index (κ2) is 8.32. The van der Waals surface area contributed by atoms with Crippen LogP contribution in [0.3, 0.4) is 0 Å². The quantitative estimate of drug-likeness (QED) is 0.233. The molecule has 0 N–H and O–H groups in total. The molecule has 0 aromatic carbocycles. The van der Waals surface area contributed by atoms with Crippen molar-refractivity contribution in [2.75, 3.05) is 33.0 Å². The van der Waals surface area contributed by atoms with E-state index in [0.717, 1.165) is 6.26 Å². The van der Waals surface area contributed by atoms with Crippen molar-refractivity contribution in [3.05, 3.63) is 12.0 Å². The van der Waals surface area contributed by atoms with Crippen LogP contribution in [0.4, 0.5) is 0 Å². The Kier molecular flexibility index (Phi) is 7.51. The Labute approximate surface area is 124 Å². The molecule has 134 valence electrons. The molecule has 1 fully saturated rings. The van der Waals surface area contributed by atoms with Crippen LogP contribution in [0.1, 0.15) is 20.8 Å². The van der Waals surface area contributed by atoms with Gasteiger partial charge in [-0.1, -0.05) is 5.70 Å². The van der Waals surface area contributed by atoms with Crippen LogP contribution in [0.15, 0.2) is 12.0 Å². The van der Waals surface area contributed by atoms with E-state index in [2.05, 4.69) is 4.18 Å². The molecule has 1 saturated heterocycles. The van der Waals surface area contributed by atoms with Crippen molar-refractivity contribution < 1.29 is 31.6 Å². The van der Waals surface area contributed by atoms with Crippen molar-refractivity contribution in [1.29, 1.82) is 0 Å². The molecule has 0 spiro atoms. The number of amides is 1. The van der Waals surface area contributed by atoms with E-state index in [4.69, 9.17) is 14.2 Å². The molecule has 10 heteroatoms. The molecule has 0 aromatic heterocycles. The molecule has 8 nitrogen and oxygen atoms in total. The number of carbonyl (C=O) groups excluding carboxylic acids is 1. The summed E-state index contributed by atoms with van der Waals surface area (Å²) in [6.07, 6.45) is 2.40. The molecule has 1 rings (SSSR count). The minimum Gasteiger partial charge on any atom is -0.516 e. The van der Waals surface area contributed by atoms with Crippen LogP contribution < -0.4 is 0 Å². The monoisotopic (exact) mass is 579 g/mol. The molecule has 0 radical (unpaired) electrons. The van der Waals surface area contributed by atoms with Crippen LogP contribution in [0.2, 0.25) is 0 Å². The van der Waals surface area contributed by atoms with Gasteiger partial charge in [-0.25, -0.2) is 0 Å². The van der Waals surface area contributed by atoms with Crippen LogP contribution >= 0.6 is 0 Å². The third-order valence-electron chi connectivity index (χ3n) is 2.25. The molecule has 1 aliphatic heterocycles. The van der Waals surface area contributed by atoms with E-state index in [1.54, 1.807) is 0 Å². The summed E-state index contributed by atoms with van der Waals surface area (Å²) in [6, 6.07) is 0. The molecule has 0 aromatic rings. The van der Waals surface area contributed by atoms with Crippen LogP contribution in [0, 0.1) is 0 Å². The van der Waals surface area contributed by atoms with Crippen molar-refractivity contribution in [2.45, 2.75) is 26.4 Å². The molecule has 0 atom stereocenters. The fourth-order valence-corrected chi connectivity index (χ4v) is 2.20. The summed E-state index contributed by atoms with van der Waals surface area (Å²) >= 11 is 0. The van der Waals surface area contributed by atoms with Gasteiger partial charge in [0, 0.05) is 12.9 Å². The first-order valence-electron chi connectivity index (χ1n) is 6.36. The zero-order chi connectivity index (χ0) is 15.9. The fraction of sp³-hybridized carbons (Fsp3) is 0.750. The Morgan fingerprint density at radius 1 is 1.27 bits per heavy atom. The number of ether oxygens (including phenoxy) is 3. The van der Waals surface area contributed by atoms with Crippen molar-refractivity contribution in [2.24, 2.45) is 0 Å². The van der Waals surface area contributed by atoms with E-state index in [9.17, 15) is 13.2 Å². The van der Waals surface area contributed by atoms with Gasteiger partial charge in [0.15, 0.2) is 0 Å². The normalized spacial score (nSPS) is 19.0. The van der Waals surface area contributed by atoms with Gasteiger partial charge in [0.2, 0.25) is 0 Å². The molecular formula is C12H20FmNO7S-. The van der Waals surface area contributed by atoms with Gasteiger partial charge in [0.05, 0.1) is 31.8 Å². The molecule has 0 saturated carbocycles. The Morgan fingerprint density at radius 3 is 2.50 bits per heavy atom. The van der Waals surface area contributed by atoms with Gasteiger partial charge < -0.3 is 23.3 Å². The van der Waals surface area contributed by atoms with E-state index in [-0.39, 0.29) is 24.5 Å². The van der Waals surface area contributed by atoms with Gasteiger partial charge in [-0.15, -0.1) is 0 Å². The number of rotatable bonds is 8. The zero-order valence-corrected chi connectivity index (χ0v) is 15.8. The van der Waals surface area contributed by atoms with Gasteiger partial charge in [-0.05, 0) is 20.8 Å². The Balaban J connectivity index is 0.00000441. The molecule has 22 heavy (non-hydrogen) atoms. The summed E-state index contributed by atoms with van der Waals surface area (Å²) in [5.74, 6) is 0. The fourth-order valence-electron chi connectivity index (χ4n) is 1.35. The van der Waals surface area contributed by atoms with E-state index in [0.29, 0.717) is 24.1 Å². The predicted octanol–water partition coefficient (Wildman–Crippen LogP) is 0.320. The summed E-state index contributed by atoms with van der Waals surface area (Å²) < 4.78 is 43.0. The van der Waals surface area contributed by atoms with Crippen molar-refractivity contribution in [3.63, 3.8) is 0 Å². The topological polar surface area (TPSA) is 91.4 Å². The smallest absolute Gasteiger partial charge is 0.336 e. The van der Waals surface area contributed by atoms with Crippen LogP contribution in [0.5, 0.6) is 0 Å². The van der Waals surface area contributed by atoms with Gasteiger partial charge in [-0.2, -0.15) is 8.42 Å². The van der Waals surface area contributed by atoms with Crippen molar-refractivity contribution >= 4 is 16.7 Å². The molecular weight excluding hydrogens is 559 g/mol.